The molecule has 0 saturated carbocycles. The normalized spacial score (nSPS) is 10.4. The summed E-state index contributed by atoms with van der Waals surface area (Å²) < 4.78 is 2.60. The Balaban J connectivity index is 1.70. The predicted molar refractivity (Wildman–Crippen MR) is 105 cm³/mol. The molecule has 0 spiro atoms. The van der Waals surface area contributed by atoms with Gasteiger partial charge in [0.2, 0.25) is 5.91 Å². The molecule has 0 saturated heterocycles. The summed E-state index contributed by atoms with van der Waals surface area (Å²) in [5.41, 5.74) is 2.65. The molecular weight excluding hydrogens is 396 g/mol. The van der Waals surface area contributed by atoms with E-state index in [0.29, 0.717) is 23.4 Å². The topological polar surface area (TPSA) is 76.0 Å². The Hall–Kier alpha value is -2.93. The van der Waals surface area contributed by atoms with Gasteiger partial charge >= 0.3 is 0 Å². The quantitative estimate of drug-likeness (QED) is 0.657. The van der Waals surface area contributed by atoms with Gasteiger partial charge in [0, 0.05) is 29.6 Å². The van der Waals surface area contributed by atoms with Crippen molar-refractivity contribution in [2.24, 2.45) is 0 Å². The van der Waals surface area contributed by atoms with E-state index in [1.54, 1.807) is 54.2 Å². The summed E-state index contributed by atoms with van der Waals surface area (Å²) in [6.45, 7) is 1.78. The molecule has 0 aliphatic rings. The Morgan fingerprint density at radius 2 is 1.77 bits per heavy atom. The molecule has 26 heavy (non-hydrogen) atoms. The molecule has 0 fully saturated rings. The molecule has 3 rings (SSSR count). The number of nitrogens with zero attached hydrogens (tertiary/aromatic N) is 2. The first-order valence-corrected chi connectivity index (χ1v) is 8.86. The SMILES string of the molecule is CCC(=O)Nc1cccc(NC(=O)c2ccc(-n3cc(Br)cn3)cc2)c1. The van der Waals surface area contributed by atoms with Crippen LogP contribution in [0, 0.1) is 0 Å². The van der Waals surface area contributed by atoms with Gasteiger partial charge in [0.05, 0.1) is 16.4 Å². The second-order valence-corrected chi connectivity index (χ2v) is 6.50. The molecule has 6 nitrogen and oxygen atoms in total. The van der Waals surface area contributed by atoms with E-state index in [0.717, 1.165) is 10.2 Å². The van der Waals surface area contributed by atoms with Crippen LogP contribution in [0.5, 0.6) is 0 Å². The average Bonchev–Trinajstić information content (AvgIpc) is 3.08. The monoisotopic (exact) mass is 412 g/mol. The molecule has 132 valence electrons. The van der Waals surface area contributed by atoms with Gasteiger partial charge in [-0.05, 0) is 58.4 Å². The molecule has 0 aliphatic heterocycles. The Morgan fingerprint density at radius 3 is 2.38 bits per heavy atom. The highest BCUT2D eigenvalue weighted by atomic mass is 79.9. The largest absolute Gasteiger partial charge is 0.326 e. The first-order valence-electron chi connectivity index (χ1n) is 8.07. The Kier molecular flexibility index (Phi) is 5.48. The maximum atomic E-state index is 12.4. The van der Waals surface area contributed by atoms with E-state index in [1.165, 1.54) is 0 Å². The first-order chi connectivity index (χ1) is 12.5. The van der Waals surface area contributed by atoms with Gasteiger partial charge < -0.3 is 10.6 Å². The first kappa shape index (κ1) is 17.9. The maximum absolute atomic E-state index is 12.4. The number of aromatic nitrogens is 2. The fourth-order valence-electron chi connectivity index (χ4n) is 2.33. The molecule has 1 heterocycles. The third kappa shape index (κ3) is 4.37. The van der Waals surface area contributed by atoms with Gasteiger partial charge in [-0.3, -0.25) is 9.59 Å². The highest BCUT2D eigenvalue weighted by Gasteiger charge is 2.08. The summed E-state index contributed by atoms with van der Waals surface area (Å²) >= 11 is 3.36. The van der Waals surface area contributed by atoms with Gasteiger partial charge in [0.1, 0.15) is 0 Å². The van der Waals surface area contributed by atoms with Crippen molar-refractivity contribution in [2.45, 2.75) is 13.3 Å². The van der Waals surface area contributed by atoms with Crippen molar-refractivity contribution < 1.29 is 9.59 Å². The summed E-state index contributed by atoms with van der Waals surface area (Å²) in [7, 11) is 0. The van der Waals surface area contributed by atoms with Crippen LogP contribution in [-0.2, 0) is 4.79 Å². The summed E-state index contributed by atoms with van der Waals surface area (Å²) in [5, 5.41) is 9.81. The lowest BCUT2D eigenvalue weighted by atomic mass is 10.2. The van der Waals surface area contributed by atoms with E-state index in [9.17, 15) is 9.59 Å². The van der Waals surface area contributed by atoms with E-state index in [-0.39, 0.29) is 11.8 Å². The van der Waals surface area contributed by atoms with Gasteiger partial charge in [0.25, 0.3) is 5.91 Å². The van der Waals surface area contributed by atoms with Gasteiger partial charge in [-0.2, -0.15) is 5.10 Å². The molecule has 0 unspecified atom stereocenters. The Bertz CT molecular complexity index is 935. The van der Waals surface area contributed by atoms with Gasteiger partial charge in [-0.15, -0.1) is 0 Å². The lowest BCUT2D eigenvalue weighted by molar-refractivity contribution is -0.115. The lowest BCUT2D eigenvalue weighted by Gasteiger charge is -2.09. The van der Waals surface area contributed by atoms with Crippen molar-refractivity contribution in [3.63, 3.8) is 0 Å². The summed E-state index contributed by atoms with van der Waals surface area (Å²) in [5.74, 6) is -0.300. The van der Waals surface area contributed by atoms with E-state index < -0.39 is 0 Å². The highest BCUT2D eigenvalue weighted by molar-refractivity contribution is 9.10. The third-order valence-electron chi connectivity index (χ3n) is 3.67. The van der Waals surface area contributed by atoms with E-state index >= 15 is 0 Å². The number of amides is 2. The zero-order chi connectivity index (χ0) is 18.5. The van der Waals surface area contributed by atoms with E-state index in [4.69, 9.17) is 0 Å². The fraction of sp³-hybridized carbons (Fsp3) is 0.105. The van der Waals surface area contributed by atoms with Crippen LogP contribution in [0.1, 0.15) is 23.7 Å². The molecule has 2 aromatic carbocycles. The summed E-state index contributed by atoms with van der Waals surface area (Å²) in [6.07, 6.45) is 3.94. The zero-order valence-electron chi connectivity index (χ0n) is 14.1. The number of carbonyl (C=O) groups is 2. The molecule has 0 aliphatic carbocycles. The predicted octanol–water partition coefficient (Wildman–Crippen LogP) is 4.24. The number of anilines is 2. The Morgan fingerprint density at radius 1 is 1.08 bits per heavy atom. The molecule has 7 heteroatoms. The molecule has 0 bridgehead atoms. The molecule has 2 N–H and O–H groups in total. The van der Waals surface area contributed by atoms with Crippen LogP contribution in [-0.4, -0.2) is 21.6 Å². The van der Waals surface area contributed by atoms with Crippen molar-refractivity contribution >= 4 is 39.1 Å². The summed E-state index contributed by atoms with van der Waals surface area (Å²) in [4.78, 5) is 23.9. The number of benzene rings is 2. The minimum absolute atomic E-state index is 0.0747. The second-order valence-electron chi connectivity index (χ2n) is 5.59. The van der Waals surface area contributed by atoms with Gasteiger partial charge in [-0.1, -0.05) is 13.0 Å². The fourth-order valence-corrected chi connectivity index (χ4v) is 2.62. The summed E-state index contributed by atoms with van der Waals surface area (Å²) in [6, 6.07) is 14.2. The van der Waals surface area contributed by atoms with Gasteiger partial charge in [0.15, 0.2) is 0 Å². The van der Waals surface area contributed by atoms with Gasteiger partial charge in [-0.25, -0.2) is 4.68 Å². The third-order valence-corrected chi connectivity index (χ3v) is 4.08. The molecule has 1 aromatic heterocycles. The van der Waals surface area contributed by atoms with Crippen LogP contribution >= 0.6 is 15.9 Å². The van der Waals surface area contributed by atoms with Crippen molar-refractivity contribution in [1.82, 2.24) is 9.78 Å². The van der Waals surface area contributed by atoms with Crippen LogP contribution in [0.15, 0.2) is 65.4 Å². The standard InChI is InChI=1S/C19H17BrN4O2/c1-2-18(25)22-15-4-3-5-16(10-15)23-19(26)13-6-8-17(9-7-13)24-12-14(20)11-21-24/h3-12H,2H2,1H3,(H,22,25)(H,23,26). The van der Waals surface area contributed by atoms with Crippen molar-refractivity contribution in [2.75, 3.05) is 10.6 Å². The zero-order valence-corrected chi connectivity index (χ0v) is 15.7. The average molecular weight is 413 g/mol. The second kappa shape index (κ2) is 7.97. The number of hydrogen-bond donors (Lipinski definition) is 2. The van der Waals surface area contributed by atoms with Crippen LogP contribution in [0.4, 0.5) is 11.4 Å². The van der Waals surface area contributed by atoms with E-state index in [2.05, 4.69) is 31.7 Å². The minimum atomic E-state index is -0.225. The van der Waals surface area contributed by atoms with Crippen LogP contribution in [0.25, 0.3) is 5.69 Å². The molecule has 0 radical (unpaired) electrons. The molecule has 2 amide bonds. The minimum Gasteiger partial charge on any atom is -0.326 e. The maximum Gasteiger partial charge on any atom is 0.255 e. The smallest absolute Gasteiger partial charge is 0.255 e. The van der Waals surface area contributed by atoms with Crippen LogP contribution in [0.3, 0.4) is 0 Å². The van der Waals surface area contributed by atoms with Crippen molar-refractivity contribution in [3.05, 3.63) is 71.0 Å². The van der Waals surface area contributed by atoms with Crippen LogP contribution in [0.2, 0.25) is 0 Å². The number of carbonyl (C=O) groups excluding carboxylic acids is 2. The molecular formula is C19H17BrN4O2. The number of halogens is 1. The van der Waals surface area contributed by atoms with Crippen LogP contribution < -0.4 is 10.6 Å². The van der Waals surface area contributed by atoms with Crippen molar-refractivity contribution in [1.29, 1.82) is 0 Å². The number of hydrogen-bond acceptors (Lipinski definition) is 3. The number of nitrogens with one attached hydrogen (secondary N) is 2. The Labute approximate surface area is 159 Å². The molecule has 3 aromatic rings. The van der Waals surface area contributed by atoms with Crippen molar-refractivity contribution in [3.8, 4) is 5.69 Å². The highest BCUT2D eigenvalue weighted by Crippen LogP contribution is 2.17. The van der Waals surface area contributed by atoms with E-state index in [1.807, 2.05) is 18.3 Å². The molecule has 0 atom stereocenters. The number of rotatable bonds is 5. The lowest BCUT2D eigenvalue weighted by Crippen LogP contribution is -2.13.